The molecule has 2 aromatic rings. The number of carbonyl (C=O) groups excluding carboxylic acids is 4. The molecule has 21 N–H and O–H groups in total. The molecule has 1 unspecified atom stereocenters. The number of halogens is 1. The van der Waals surface area contributed by atoms with E-state index in [0.29, 0.717) is 172 Å². The molecule has 42 heteroatoms. The SMILES string of the molecule is CC(=O)N[C@H]1[C@H](OCCCCCN(N)/C=C(\N)CN(CC(C=NCCCCCO[C@@H]2O[C@H](CO)[C@H](O)[C@H](O)[C@H]2C)=NN)C(CCCCN(Cc2cn(CCCCCO[C@@H]3O[C@H](CO)[C@H](O)[C@H](O)[C@H]3NC(C)=O)nn2)Cc2cn(CCCCCO[C@@H]3O[C@H](CO)[C@H](O)[C@H](O)[C@H]3NC(C)=O)nn2)C(=O)C(C)(C)C)O[C@H](CO)[C@H](O)[C@@H]1O.I. The summed E-state index contributed by atoms with van der Waals surface area (Å²) in [5, 5.41) is 154. The second-order valence-electron chi connectivity index (χ2n) is 30.9. The zero-order chi connectivity index (χ0) is 83.6. The number of amides is 3. The number of aliphatic hydroxyl groups is 12. The highest BCUT2D eigenvalue weighted by molar-refractivity contribution is 14.0. The summed E-state index contributed by atoms with van der Waals surface area (Å²) >= 11 is 0. The van der Waals surface area contributed by atoms with Gasteiger partial charge in [0.25, 0.3) is 0 Å². The molecule has 21 atom stereocenters. The second-order valence-corrected chi connectivity index (χ2v) is 30.9. The highest BCUT2D eigenvalue weighted by Gasteiger charge is 2.49. The second kappa shape index (κ2) is 52.0. The highest BCUT2D eigenvalue weighted by atomic mass is 127. The Balaban J connectivity index is 0.0000236. The van der Waals surface area contributed by atoms with E-state index >= 15 is 0 Å². The van der Waals surface area contributed by atoms with E-state index in [0.717, 1.165) is 0 Å². The molecule has 0 aliphatic carbocycles. The van der Waals surface area contributed by atoms with Gasteiger partial charge in [-0.2, -0.15) is 5.10 Å². The number of ether oxygens (including phenoxy) is 8. The molecule has 660 valence electrons. The van der Waals surface area contributed by atoms with Crippen molar-refractivity contribution in [2.24, 2.45) is 38.8 Å². The monoisotopic (exact) mass is 1760 g/mol. The maximum absolute atomic E-state index is 15.0. The van der Waals surface area contributed by atoms with Gasteiger partial charge in [-0.1, -0.05) is 44.5 Å². The van der Waals surface area contributed by atoms with Crippen LogP contribution in [-0.4, -0.2) is 350 Å². The number of ketones is 1. The zero-order valence-corrected chi connectivity index (χ0v) is 69.7. The fourth-order valence-corrected chi connectivity index (χ4v) is 13.9. The molecule has 6 heterocycles. The van der Waals surface area contributed by atoms with Crippen LogP contribution in [0.1, 0.15) is 156 Å². The maximum Gasteiger partial charge on any atom is 0.217 e. The highest BCUT2D eigenvalue weighted by Crippen LogP contribution is 2.30. The van der Waals surface area contributed by atoms with Crippen LogP contribution in [0.5, 0.6) is 0 Å². The first kappa shape index (κ1) is 100. The number of hydrogen-bond acceptors (Lipinski definition) is 36. The first-order valence-corrected chi connectivity index (χ1v) is 39.7. The summed E-state index contributed by atoms with van der Waals surface area (Å²) in [6, 6.07) is -3.92. The lowest BCUT2D eigenvalue weighted by Gasteiger charge is -2.42. The summed E-state index contributed by atoms with van der Waals surface area (Å²) < 4.78 is 49.9. The number of carbonyl (C=O) groups is 4. The van der Waals surface area contributed by atoms with Gasteiger partial charge in [0.05, 0.1) is 55.7 Å². The van der Waals surface area contributed by atoms with E-state index in [9.17, 15) is 80.5 Å². The summed E-state index contributed by atoms with van der Waals surface area (Å²) in [7, 11) is 0. The Morgan fingerprint density at radius 1 is 0.557 bits per heavy atom. The van der Waals surface area contributed by atoms with E-state index in [1.54, 1.807) is 28.7 Å². The fourth-order valence-electron chi connectivity index (χ4n) is 13.9. The van der Waals surface area contributed by atoms with Crippen LogP contribution in [0.25, 0.3) is 0 Å². The Labute approximate surface area is 688 Å². The van der Waals surface area contributed by atoms with Crippen molar-refractivity contribution in [3.05, 3.63) is 35.7 Å². The molecule has 115 heavy (non-hydrogen) atoms. The Hall–Kier alpha value is -5.35. The van der Waals surface area contributed by atoms with Gasteiger partial charge in [0.2, 0.25) is 17.7 Å². The summed E-state index contributed by atoms with van der Waals surface area (Å²) in [4.78, 5) is 59.6. The summed E-state index contributed by atoms with van der Waals surface area (Å²) in [5.41, 5.74) is 8.09. The Bertz CT molecular complexity index is 3120. The third kappa shape index (κ3) is 33.0. The number of hydrazine groups is 1. The molecule has 4 saturated heterocycles. The summed E-state index contributed by atoms with van der Waals surface area (Å²) in [6.45, 7) is 12.9. The van der Waals surface area contributed by atoms with Gasteiger partial charge in [0.15, 0.2) is 30.9 Å². The summed E-state index contributed by atoms with van der Waals surface area (Å²) in [5.74, 6) is 10.7. The van der Waals surface area contributed by atoms with Crippen molar-refractivity contribution in [2.75, 3.05) is 85.6 Å². The van der Waals surface area contributed by atoms with Gasteiger partial charge in [0.1, 0.15) is 85.3 Å². The zero-order valence-electron chi connectivity index (χ0n) is 67.4. The first-order valence-electron chi connectivity index (χ1n) is 39.7. The lowest BCUT2D eigenvalue weighted by atomic mass is 9.83. The van der Waals surface area contributed by atoms with Crippen molar-refractivity contribution in [1.82, 2.24) is 60.7 Å². The number of rotatable bonds is 52. The average Bonchev–Trinajstić information content (AvgIpc) is 1.36. The molecule has 0 radical (unpaired) electrons. The van der Waals surface area contributed by atoms with Crippen LogP contribution in [0.2, 0.25) is 0 Å². The van der Waals surface area contributed by atoms with Gasteiger partial charge in [-0.05, 0) is 96.4 Å². The molecule has 6 rings (SSSR count). The first-order chi connectivity index (χ1) is 54.4. The molecule has 4 aliphatic rings. The van der Waals surface area contributed by atoms with Crippen molar-refractivity contribution in [2.45, 2.75) is 294 Å². The lowest BCUT2D eigenvalue weighted by molar-refractivity contribution is -0.282. The van der Waals surface area contributed by atoms with E-state index < -0.39 is 178 Å². The van der Waals surface area contributed by atoms with Crippen LogP contribution in [0.15, 0.2) is 34.4 Å². The molecular weight excluding hydrogens is 1630 g/mol. The number of hydrazone groups is 1. The van der Waals surface area contributed by atoms with Crippen molar-refractivity contribution < 1.29 is 118 Å². The number of aryl methyl sites for hydroxylation is 2. The predicted molar refractivity (Wildman–Crippen MR) is 424 cm³/mol. The minimum absolute atomic E-state index is 0. The normalized spacial score (nSPS) is 28.6. The maximum atomic E-state index is 15.0. The van der Waals surface area contributed by atoms with E-state index in [1.807, 2.05) is 38.1 Å². The summed E-state index contributed by atoms with van der Waals surface area (Å²) in [6.07, 6.45) is -3.37. The van der Waals surface area contributed by atoms with Gasteiger partial charge < -0.3 is 132 Å². The van der Waals surface area contributed by atoms with E-state index in [-0.39, 0.29) is 62.7 Å². The third-order valence-corrected chi connectivity index (χ3v) is 20.2. The van der Waals surface area contributed by atoms with Crippen LogP contribution in [0.3, 0.4) is 0 Å². The molecule has 4 aliphatic heterocycles. The van der Waals surface area contributed by atoms with E-state index in [4.69, 9.17) is 55.3 Å². The van der Waals surface area contributed by atoms with Gasteiger partial charge in [-0.25, -0.2) is 5.84 Å². The van der Waals surface area contributed by atoms with Crippen LogP contribution >= 0.6 is 24.0 Å². The molecular formula is C73H132IN17O24. The number of nitrogens with two attached hydrogens (primary N) is 3. The van der Waals surface area contributed by atoms with Gasteiger partial charge >= 0.3 is 0 Å². The van der Waals surface area contributed by atoms with Gasteiger partial charge in [-0.15, -0.1) is 34.2 Å². The van der Waals surface area contributed by atoms with Gasteiger partial charge in [0, 0.05) is 141 Å². The Morgan fingerprint density at radius 2 is 0.948 bits per heavy atom. The van der Waals surface area contributed by atoms with Crippen LogP contribution < -0.4 is 33.4 Å². The molecule has 41 nitrogen and oxygen atoms in total. The molecule has 3 amide bonds. The van der Waals surface area contributed by atoms with Crippen molar-refractivity contribution in [3.63, 3.8) is 0 Å². The number of aliphatic hydroxyl groups excluding tert-OH is 12. The van der Waals surface area contributed by atoms with Crippen LogP contribution in [0, 0.1) is 11.3 Å². The number of nitrogens with one attached hydrogen (secondary N) is 3. The molecule has 2 aromatic heterocycles. The number of aromatic nitrogens is 6. The number of Topliss-reactive ketones (excluding diaryl/α,β-unsaturated/α-hetero) is 1. The van der Waals surface area contributed by atoms with Gasteiger partial charge in [-0.3, -0.25) is 43.3 Å². The quantitative estimate of drug-likeness (QED) is 0.00986. The molecule has 0 saturated carbocycles. The lowest BCUT2D eigenvalue weighted by Crippen LogP contribution is -2.64. The van der Waals surface area contributed by atoms with E-state index in [1.165, 1.54) is 25.8 Å². The average molecular weight is 1760 g/mol. The molecule has 4 fully saturated rings. The van der Waals surface area contributed by atoms with Crippen LogP contribution in [0.4, 0.5) is 0 Å². The number of aliphatic imine (C=N–C) groups is 1. The predicted octanol–water partition coefficient (Wildman–Crippen LogP) is -4.04. The van der Waals surface area contributed by atoms with Crippen molar-refractivity contribution in [3.8, 4) is 0 Å². The number of hydrogen-bond donors (Lipinski definition) is 18. The fraction of sp³-hybridized carbons (Fsp3) is 0.836. The smallest absolute Gasteiger partial charge is 0.217 e. The number of nitrogens with zero attached hydrogens (tertiary/aromatic N) is 11. The molecule has 0 aromatic carbocycles. The molecule has 0 bridgehead atoms. The minimum atomic E-state index is -1.45. The Kier molecular flexibility index (Phi) is 45.3. The van der Waals surface area contributed by atoms with Crippen LogP contribution in [-0.2, 0) is 83.3 Å². The molecule has 0 spiro atoms. The van der Waals surface area contributed by atoms with Crippen molar-refractivity contribution in [1.29, 1.82) is 0 Å². The third-order valence-electron chi connectivity index (χ3n) is 20.2. The largest absolute Gasteiger partial charge is 0.400 e. The van der Waals surface area contributed by atoms with E-state index in [2.05, 4.69) is 51.6 Å². The number of unbranched alkanes of at least 4 members (excludes halogenated alkanes) is 9. The standard InChI is InChI=1S/C73H131N17O24.HI/c1-44-60(98)61(99)53(40-91)111-69(44)107-28-18-8-13-23-77-32-49(81-75)37-87(33-48(74)34-88(76)25-14-9-19-29-108-70-57(78-45(2)95)65(103)62(100)54(41-92)112-70)52(68(106)73(5,6)7)22-12-17-24-86(35-50-38-89(84-82-50)26-15-10-20-30-109-71-58(79-46(3)96)66(104)63(101)55(42-93)113-71)36-51-39-90(85-83-51)27-16-11-21-31-110-72-59(80-47(4)97)67(105)64(102)56(43-94)114-72;/h32,34,38-39,44,52-67,69-72,91-94,98-105H,8-31,33,35-37,40-43,74-76H2,1-7H3,(H,78,95)(H,79,96)(H,80,97);1H/b48-34-,77-32?,81-49?;/t44-,52?,53-,54-,55-,56-,57-,58-,59-,60-,61+,62+,63+,64+,65-,66-,67-,69-,70-,71-,72-;/m1./s1. The topological polar surface area (TPSA) is 595 Å². The minimum Gasteiger partial charge on any atom is -0.400 e. The van der Waals surface area contributed by atoms with Crippen molar-refractivity contribution >= 4 is 59.4 Å². The Morgan fingerprint density at radius 3 is 1.36 bits per heavy atom.